The van der Waals surface area contributed by atoms with Crippen molar-refractivity contribution in [3.05, 3.63) is 64.1 Å². The van der Waals surface area contributed by atoms with Gasteiger partial charge in [-0.1, -0.05) is 30.3 Å². The van der Waals surface area contributed by atoms with Gasteiger partial charge in [-0.2, -0.15) is 0 Å². The Balaban J connectivity index is 1.91. The number of carbonyl (C=O) groups is 1. The number of nitrogens with one attached hydrogen (secondary N) is 1. The first-order valence-electron chi connectivity index (χ1n) is 6.86. The van der Waals surface area contributed by atoms with Crippen LogP contribution in [0.15, 0.2) is 57.9 Å². The van der Waals surface area contributed by atoms with Crippen LogP contribution in [0.3, 0.4) is 0 Å². The Labute approximate surface area is 137 Å². The lowest BCUT2D eigenvalue weighted by atomic mass is 10.0. The summed E-state index contributed by atoms with van der Waals surface area (Å²) < 4.78 is 24.9. The number of hydrogen-bond acceptors (Lipinski definition) is 3. The molecule has 2 aromatic carbocycles. The highest BCUT2D eigenvalue weighted by atomic mass is 79.9. The second kappa shape index (κ2) is 5.85. The van der Waals surface area contributed by atoms with Gasteiger partial charge in [0.15, 0.2) is 9.84 Å². The summed E-state index contributed by atoms with van der Waals surface area (Å²) in [6.07, 6.45) is 0.384. The molecule has 0 bridgehead atoms. The zero-order chi connectivity index (χ0) is 15.7. The van der Waals surface area contributed by atoms with E-state index in [4.69, 9.17) is 0 Å². The molecule has 1 heterocycles. The van der Waals surface area contributed by atoms with E-state index in [1.165, 1.54) is 0 Å². The van der Waals surface area contributed by atoms with Crippen LogP contribution in [0.25, 0.3) is 0 Å². The van der Waals surface area contributed by atoms with Crippen LogP contribution in [0.5, 0.6) is 0 Å². The van der Waals surface area contributed by atoms with Crippen LogP contribution >= 0.6 is 15.9 Å². The molecule has 1 atom stereocenters. The SMILES string of the molecule is O=C(NC1CCS(=O)(=O)c2ccccc21)c1ccccc1Br. The molecule has 0 radical (unpaired) electrons. The summed E-state index contributed by atoms with van der Waals surface area (Å²) in [5, 5.41) is 2.94. The van der Waals surface area contributed by atoms with Crippen LogP contribution in [0.2, 0.25) is 0 Å². The zero-order valence-electron chi connectivity index (χ0n) is 11.6. The average molecular weight is 380 g/mol. The van der Waals surface area contributed by atoms with Gasteiger partial charge in [-0.25, -0.2) is 8.42 Å². The molecule has 4 nitrogen and oxygen atoms in total. The largest absolute Gasteiger partial charge is 0.345 e. The third-order valence-electron chi connectivity index (χ3n) is 3.73. The quantitative estimate of drug-likeness (QED) is 0.871. The molecule has 1 aliphatic rings. The lowest BCUT2D eigenvalue weighted by Crippen LogP contribution is -2.34. The predicted octanol–water partition coefficient (Wildman–Crippen LogP) is 3.10. The van der Waals surface area contributed by atoms with E-state index in [1.54, 1.807) is 42.5 Å². The maximum atomic E-state index is 12.4. The van der Waals surface area contributed by atoms with Gasteiger partial charge in [-0.3, -0.25) is 4.79 Å². The predicted molar refractivity (Wildman–Crippen MR) is 87.5 cm³/mol. The van der Waals surface area contributed by atoms with Crippen molar-refractivity contribution in [2.45, 2.75) is 17.4 Å². The molecule has 1 N–H and O–H groups in total. The summed E-state index contributed by atoms with van der Waals surface area (Å²) >= 11 is 3.35. The number of sulfone groups is 1. The zero-order valence-corrected chi connectivity index (χ0v) is 14.0. The number of amides is 1. The lowest BCUT2D eigenvalue weighted by molar-refractivity contribution is 0.0934. The highest BCUT2D eigenvalue weighted by Crippen LogP contribution is 2.32. The molecule has 6 heteroatoms. The Kier molecular flexibility index (Phi) is 4.06. The van der Waals surface area contributed by atoms with Crippen molar-refractivity contribution in [1.29, 1.82) is 0 Å². The van der Waals surface area contributed by atoms with Crippen molar-refractivity contribution < 1.29 is 13.2 Å². The Morgan fingerprint density at radius 1 is 1.09 bits per heavy atom. The maximum Gasteiger partial charge on any atom is 0.252 e. The van der Waals surface area contributed by atoms with E-state index in [9.17, 15) is 13.2 Å². The Morgan fingerprint density at radius 3 is 2.55 bits per heavy atom. The first-order valence-corrected chi connectivity index (χ1v) is 9.30. The molecule has 1 unspecified atom stereocenters. The minimum absolute atomic E-state index is 0.0465. The van der Waals surface area contributed by atoms with Crippen LogP contribution in [-0.4, -0.2) is 20.1 Å². The second-order valence-electron chi connectivity index (χ2n) is 5.15. The molecule has 1 aliphatic heterocycles. The molecule has 3 rings (SSSR count). The fourth-order valence-electron chi connectivity index (χ4n) is 2.62. The van der Waals surface area contributed by atoms with Crippen molar-refractivity contribution >= 4 is 31.7 Å². The summed E-state index contributed by atoms with van der Waals surface area (Å²) in [7, 11) is -3.24. The molecule has 0 saturated carbocycles. The molecule has 0 spiro atoms. The molecule has 114 valence electrons. The first kappa shape index (κ1) is 15.2. The van der Waals surface area contributed by atoms with Crippen LogP contribution in [0, 0.1) is 0 Å². The standard InChI is InChI=1S/C16H14BrNO3S/c17-13-7-3-1-5-11(13)16(19)18-14-9-10-22(20,21)15-8-4-2-6-12(14)15/h1-8,14H,9-10H2,(H,18,19). The summed E-state index contributed by atoms with van der Waals surface area (Å²) in [5.41, 5.74) is 1.20. The van der Waals surface area contributed by atoms with Gasteiger partial charge in [0.25, 0.3) is 5.91 Å². The molecule has 0 aliphatic carbocycles. The van der Waals surface area contributed by atoms with E-state index in [0.717, 1.165) is 0 Å². The number of halogens is 1. The van der Waals surface area contributed by atoms with Gasteiger partial charge in [-0.05, 0) is 46.1 Å². The van der Waals surface area contributed by atoms with Crippen LogP contribution in [0.1, 0.15) is 28.4 Å². The Hall–Kier alpha value is -1.66. The topological polar surface area (TPSA) is 63.2 Å². The van der Waals surface area contributed by atoms with E-state index in [0.29, 0.717) is 26.9 Å². The normalized spacial score (nSPS) is 19.2. The minimum Gasteiger partial charge on any atom is -0.345 e. The fourth-order valence-corrected chi connectivity index (χ4v) is 4.71. The lowest BCUT2D eigenvalue weighted by Gasteiger charge is -2.26. The van der Waals surface area contributed by atoms with Crippen molar-refractivity contribution in [2.75, 3.05) is 5.75 Å². The molecule has 2 aromatic rings. The second-order valence-corrected chi connectivity index (χ2v) is 8.08. The summed E-state index contributed by atoms with van der Waals surface area (Å²) in [4.78, 5) is 12.7. The van der Waals surface area contributed by atoms with Gasteiger partial charge in [0.2, 0.25) is 0 Å². The first-order chi connectivity index (χ1) is 10.5. The van der Waals surface area contributed by atoms with Gasteiger partial charge in [0.05, 0.1) is 22.3 Å². The average Bonchev–Trinajstić information content (AvgIpc) is 2.51. The smallest absolute Gasteiger partial charge is 0.252 e. The van der Waals surface area contributed by atoms with Crippen molar-refractivity contribution in [3.8, 4) is 0 Å². The van der Waals surface area contributed by atoms with Gasteiger partial charge in [0.1, 0.15) is 0 Å². The van der Waals surface area contributed by atoms with E-state index < -0.39 is 9.84 Å². The third kappa shape index (κ3) is 2.80. The van der Waals surface area contributed by atoms with Gasteiger partial charge in [0, 0.05) is 4.47 Å². The van der Waals surface area contributed by atoms with E-state index in [1.807, 2.05) is 6.07 Å². The van der Waals surface area contributed by atoms with E-state index >= 15 is 0 Å². The number of benzene rings is 2. The Morgan fingerprint density at radius 2 is 1.77 bits per heavy atom. The maximum absolute atomic E-state index is 12.4. The number of hydrogen-bond donors (Lipinski definition) is 1. The van der Waals surface area contributed by atoms with Gasteiger partial charge >= 0.3 is 0 Å². The molecular formula is C16H14BrNO3S. The van der Waals surface area contributed by atoms with Crippen molar-refractivity contribution in [1.82, 2.24) is 5.32 Å². The highest BCUT2D eigenvalue weighted by molar-refractivity contribution is 9.10. The monoisotopic (exact) mass is 379 g/mol. The van der Waals surface area contributed by atoms with Crippen molar-refractivity contribution in [3.63, 3.8) is 0 Å². The van der Waals surface area contributed by atoms with Crippen LogP contribution in [-0.2, 0) is 9.84 Å². The molecular weight excluding hydrogens is 366 g/mol. The molecule has 0 saturated heterocycles. The number of carbonyl (C=O) groups excluding carboxylic acids is 1. The van der Waals surface area contributed by atoms with Gasteiger partial charge in [-0.15, -0.1) is 0 Å². The van der Waals surface area contributed by atoms with E-state index in [-0.39, 0.29) is 17.7 Å². The summed E-state index contributed by atoms with van der Waals surface area (Å²) in [5.74, 6) is -0.170. The fraction of sp³-hybridized carbons (Fsp3) is 0.188. The molecule has 0 aromatic heterocycles. The Bertz CT molecular complexity index is 833. The highest BCUT2D eigenvalue weighted by Gasteiger charge is 2.31. The van der Waals surface area contributed by atoms with Crippen LogP contribution < -0.4 is 5.32 Å². The summed E-state index contributed by atoms with van der Waals surface area (Å²) in [6, 6.07) is 13.7. The minimum atomic E-state index is -3.24. The number of rotatable bonds is 2. The number of fused-ring (bicyclic) bond motifs is 1. The van der Waals surface area contributed by atoms with Crippen molar-refractivity contribution in [2.24, 2.45) is 0 Å². The molecule has 22 heavy (non-hydrogen) atoms. The third-order valence-corrected chi connectivity index (χ3v) is 6.24. The molecule has 0 fully saturated rings. The van der Waals surface area contributed by atoms with Gasteiger partial charge < -0.3 is 5.32 Å². The summed E-state index contributed by atoms with van der Waals surface area (Å²) in [6.45, 7) is 0. The molecule has 1 amide bonds. The van der Waals surface area contributed by atoms with E-state index in [2.05, 4.69) is 21.2 Å². The van der Waals surface area contributed by atoms with Crippen LogP contribution in [0.4, 0.5) is 0 Å².